The molecule has 0 saturated heterocycles. The maximum atomic E-state index is 12.5. The van der Waals surface area contributed by atoms with Gasteiger partial charge in [0.25, 0.3) is 5.91 Å². The molecule has 1 aliphatic carbocycles. The van der Waals surface area contributed by atoms with E-state index in [-0.39, 0.29) is 5.91 Å². The molecule has 3 nitrogen and oxygen atoms in total. The van der Waals surface area contributed by atoms with E-state index in [1.165, 1.54) is 24.0 Å². The molecule has 0 saturated carbocycles. The normalized spacial score (nSPS) is 13.3. The lowest BCUT2D eigenvalue weighted by molar-refractivity contribution is 0.102. The number of carbonyl (C=O) groups is 1. The molecule has 3 rings (SSSR count). The summed E-state index contributed by atoms with van der Waals surface area (Å²) in [4.78, 5) is 12.5. The number of carbonyl (C=O) groups excluding carboxylic acids is 1. The summed E-state index contributed by atoms with van der Waals surface area (Å²) in [6, 6.07) is 8.85. The molecule has 0 unspecified atom stereocenters. The van der Waals surface area contributed by atoms with E-state index < -0.39 is 0 Å². The molecule has 0 aliphatic heterocycles. The van der Waals surface area contributed by atoms with Crippen molar-refractivity contribution in [3.05, 3.63) is 57.1 Å². The van der Waals surface area contributed by atoms with E-state index in [1.54, 1.807) is 25.3 Å². The van der Waals surface area contributed by atoms with Crippen molar-refractivity contribution in [2.45, 2.75) is 25.7 Å². The summed E-state index contributed by atoms with van der Waals surface area (Å²) in [5.74, 6) is 0.393. The minimum atomic E-state index is -0.277. The lowest BCUT2D eigenvalue weighted by Gasteiger charge is -2.19. The summed E-state index contributed by atoms with van der Waals surface area (Å²) >= 11 is 12.0. The standard InChI is InChI=1S/C18H17Cl2NO2/c1-23-17-9-12-5-3-2-4-11(12)8-16(17)21-18(22)14-7-6-13(19)10-15(14)20/h6-10H,2-5H2,1H3,(H,21,22). The van der Waals surface area contributed by atoms with Gasteiger partial charge in [-0.25, -0.2) is 0 Å². The average molecular weight is 350 g/mol. The van der Waals surface area contributed by atoms with Gasteiger partial charge in [-0.3, -0.25) is 4.79 Å². The van der Waals surface area contributed by atoms with Crippen LogP contribution in [0.15, 0.2) is 30.3 Å². The van der Waals surface area contributed by atoms with E-state index in [0.29, 0.717) is 27.0 Å². The molecule has 0 aromatic heterocycles. The minimum absolute atomic E-state index is 0.277. The van der Waals surface area contributed by atoms with Crippen LogP contribution in [0.3, 0.4) is 0 Å². The number of hydrogen-bond acceptors (Lipinski definition) is 2. The highest BCUT2D eigenvalue weighted by Gasteiger charge is 2.17. The second-order valence-electron chi connectivity index (χ2n) is 5.61. The van der Waals surface area contributed by atoms with E-state index in [0.717, 1.165) is 12.8 Å². The Balaban J connectivity index is 1.91. The van der Waals surface area contributed by atoms with Crippen LogP contribution >= 0.6 is 23.2 Å². The van der Waals surface area contributed by atoms with E-state index in [9.17, 15) is 4.79 Å². The molecule has 0 spiro atoms. The predicted molar refractivity (Wildman–Crippen MR) is 94.1 cm³/mol. The second kappa shape index (κ2) is 6.81. The number of aryl methyl sites for hydroxylation is 2. The number of ether oxygens (including phenoxy) is 1. The van der Waals surface area contributed by atoms with Gasteiger partial charge >= 0.3 is 0 Å². The van der Waals surface area contributed by atoms with Crippen LogP contribution in [0.4, 0.5) is 5.69 Å². The Morgan fingerprint density at radius 2 is 1.78 bits per heavy atom. The van der Waals surface area contributed by atoms with Crippen LogP contribution in [0.1, 0.15) is 34.3 Å². The Morgan fingerprint density at radius 3 is 2.43 bits per heavy atom. The Morgan fingerprint density at radius 1 is 1.09 bits per heavy atom. The number of nitrogens with one attached hydrogen (secondary N) is 1. The van der Waals surface area contributed by atoms with Crippen molar-refractivity contribution >= 4 is 34.8 Å². The van der Waals surface area contributed by atoms with Crippen LogP contribution in [0, 0.1) is 0 Å². The van der Waals surface area contributed by atoms with Crippen LogP contribution in [-0.2, 0) is 12.8 Å². The lowest BCUT2D eigenvalue weighted by Crippen LogP contribution is -2.14. The first kappa shape index (κ1) is 16.2. The molecule has 0 radical (unpaired) electrons. The van der Waals surface area contributed by atoms with Gasteiger partial charge in [0.15, 0.2) is 0 Å². The minimum Gasteiger partial charge on any atom is -0.495 e. The Hall–Kier alpha value is -1.71. The monoisotopic (exact) mass is 349 g/mol. The molecule has 5 heteroatoms. The van der Waals surface area contributed by atoms with Gasteiger partial charge in [-0.1, -0.05) is 23.2 Å². The Labute approximate surface area is 145 Å². The highest BCUT2D eigenvalue weighted by Crippen LogP contribution is 2.33. The number of benzene rings is 2. The third-order valence-corrected chi connectivity index (χ3v) is 4.64. The van der Waals surface area contributed by atoms with Gasteiger partial charge in [-0.15, -0.1) is 0 Å². The quantitative estimate of drug-likeness (QED) is 0.833. The molecule has 0 atom stereocenters. The maximum absolute atomic E-state index is 12.5. The van der Waals surface area contributed by atoms with Gasteiger partial charge in [-0.05, 0) is 67.1 Å². The van der Waals surface area contributed by atoms with Gasteiger partial charge < -0.3 is 10.1 Å². The smallest absolute Gasteiger partial charge is 0.257 e. The van der Waals surface area contributed by atoms with Gasteiger partial charge in [0.2, 0.25) is 0 Å². The third kappa shape index (κ3) is 3.46. The number of anilines is 1. The van der Waals surface area contributed by atoms with Crippen LogP contribution in [0.2, 0.25) is 10.0 Å². The summed E-state index contributed by atoms with van der Waals surface area (Å²) in [5.41, 5.74) is 3.63. The number of rotatable bonds is 3. The molecule has 1 aliphatic rings. The zero-order valence-corrected chi connectivity index (χ0v) is 14.3. The molecule has 0 heterocycles. The van der Waals surface area contributed by atoms with Gasteiger partial charge in [0.05, 0.1) is 23.4 Å². The van der Waals surface area contributed by atoms with E-state index in [1.807, 2.05) is 12.1 Å². The fourth-order valence-electron chi connectivity index (χ4n) is 2.89. The van der Waals surface area contributed by atoms with Crippen molar-refractivity contribution in [3.8, 4) is 5.75 Å². The second-order valence-corrected chi connectivity index (χ2v) is 6.45. The number of amides is 1. The van der Waals surface area contributed by atoms with Crippen molar-refractivity contribution in [2.24, 2.45) is 0 Å². The molecule has 23 heavy (non-hydrogen) atoms. The summed E-state index contributed by atoms with van der Waals surface area (Å²) in [5, 5.41) is 3.72. The molecule has 0 fully saturated rings. The first-order valence-corrected chi connectivity index (χ1v) is 8.30. The Kier molecular flexibility index (Phi) is 4.79. The average Bonchev–Trinajstić information content (AvgIpc) is 2.54. The third-order valence-electron chi connectivity index (χ3n) is 4.09. The number of hydrogen-bond donors (Lipinski definition) is 1. The predicted octanol–water partition coefficient (Wildman–Crippen LogP) is 5.13. The summed E-state index contributed by atoms with van der Waals surface area (Å²) in [6.07, 6.45) is 4.46. The fraction of sp³-hybridized carbons (Fsp3) is 0.278. The summed E-state index contributed by atoms with van der Waals surface area (Å²) in [7, 11) is 1.61. The van der Waals surface area contributed by atoms with Crippen molar-refractivity contribution < 1.29 is 9.53 Å². The van der Waals surface area contributed by atoms with Gasteiger partial charge in [0.1, 0.15) is 5.75 Å². The summed E-state index contributed by atoms with van der Waals surface area (Å²) in [6.45, 7) is 0. The van der Waals surface area contributed by atoms with E-state index in [4.69, 9.17) is 27.9 Å². The number of methoxy groups -OCH3 is 1. The van der Waals surface area contributed by atoms with Gasteiger partial charge in [0, 0.05) is 5.02 Å². The Bertz CT molecular complexity index is 759. The molecule has 1 N–H and O–H groups in total. The number of fused-ring (bicyclic) bond motifs is 1. The highest BCUT2D eigenvalue weighted by molar-refractivity contribution is 6.37. The van der Waals surface area contributed by atoms with Crippen LogP contribution in [-0.4, -0.2) is 13.0 Å². The zero-order chi connectivity index (χ0) is 16.4. The van der Waals surface area contributed by atoms with Crippen molar-refractivity contribution in [3.63, 3.8) is 0 Å². The van der Waals surface area contributed by atoms with Gasteiger partial charge in [-0.2, -0.15) is 0 Å². The summed E-state index contributed by atoms with van der Waals surface area (Å²) < 4.78 is 5.43. The van der Waals surface area contributed by atoms with Crippen molar-refractivity contribution in [1.29, 1.82) is 0 Å². The maximum Gasteiger partial charge on any atom is 0.257 e. The highest BCUT2D eigenvalue weighted by atomic mass is 35.5. The topological polar surface area (TPSA) is 38.3 Å². The first-order chi connectivity index (χ1) is 11.1. The molecular formula is C18H17Cl2NO2. The lowest BCUT2D eigenvalue weighted by atomic mass is 9.91. The van der Waals surface area contributed by atoms with Crippen LogP contribution in [0.5, 0.6) is 5.75 Å². The molecule has 2 aromatic carbocycles. The molecular weight excluding hydrogens is 333 g/mol. The van der Waals surface area contributed by atoms with E-state index >= 15 is 0 Å². The van der Waals surface area contributed by atoms with E-state index in [2.05, 4.69) is 5.32 Å². The zero-order valence-electron chi connectivity index (χ0n) is 12.8. The SMILES string of the molecule is COc1cc2c(cc1NC(=O)c1ccc(Cl)cc1Cl)CCCC2. The van der Waals surface area contributed by atoms with Crippen molar-refractivity contribution in [2.75, 3.05) is 12.4 Å². The first-order valence-electron chi connectivity index (χ1n) is 7.54. The van der Waals surface area contributed by atoms with Crippen LogP contribution in [0.25, 0.3) is 0 Å². The molecule has 1 amide bonds. The molecule has 0 bridgehead atoms. The van der Waals surface area contributed by atoms with Crippen LogP contribution < -0.4 is 10.1 Å². The molecule has 2 aromatic rings. The number of halogens is 2. The fourth-order valence-corrected chi connectivity index (χ4v) is 3.39. The largest absolute Gasteiger partial charge is 0.495 e. The van der Waals surface area contributed by atoms with Crippen molar-refractivity contribution in [1.82, 2.24) is 0 Å². The molecule has 120 valence electrons.